The molecular weight excluding hydrogens is 878 g/mol. The zero-order valence-corrected chi connectivity index (χ0v) is 37.3. The number of ether oxygens (including phenoxy) is 2. The molecule has 2 aliphatic rings. The summed E-state index contributed by atoms with van der Waals surface area (Å²) in [5, 5.41) is 8.47. The van der Waals surface area contributed by atoms with E-state index in [0.29, 0.717) is 83.7 Å². The van der Waals surface area contributed by atoms with Crippen LogP contribution in [0.25, 0.3) is 11.1 Å². The Morgan fingerprint density at radius 2 is 1.25 bits per heavy atom. The zero-order valence-electron chi connectivity index (χ0n) is 35.7. The molecule has 8 rings (SSSR count). The van der Waals surface area contributed by atoms with Crippen LogP contribution in [0.15, 0.2) is 79.6 Å². The van der Waals surface area contributed by atoms with Crippen LogP contribution in [0.4, 0.5) is 24.8 Å². The van der Waals surface area contributed by atoms with Gasteiger partial charge < -0.3 is 19.3 Å². The van der Waals surface area contributed by atoms with Crippen LogP contribution in [0, 0.1) is 29.3 Å². The SMILES string of the molecule is CN1C(=S)[C@@H](CCCCC(=O)c2ncn(Cc3ccc(-c4cnc5c(c4)OC[C@H](CCCCC(=O)c4ncn(Cc6c(F)cccc6F)n4)C(=S)N5C)cc3F)n2)COc2cccnc21. The fourth-order valence-electron chi connectivity index (χ4n) is 7.84. The van der Waals surface area contributed by atoms with E-state index in [1.807, 2.05) is 42.1 Å². The Labute approximate surface area is 383 Å². The number of pyridine rings is 2. The third kappa shape index (κ3) is 10.4. The smallest absolute Gasteiger partial charge is 0.217 e. The lowest BCUT2D eigenvalue weighted by Gasteiger charge is -2.22. The lowest BCUT2D eigenvalue weighted by Crippen LogP contribution is -2.32. The molecule has 65 heavy (non-hydrogen) atoms. The van der Waals surface area contributed by atoms with E-state index in [9.17, 15) is 18.4 Å². The molecule has 0 amide bonds. The Hall–Kier alpha value is -6.47. The number of carbonyl (C=O) groups is 2. The lowest BCUT2D eigenvalue weighted by molar-refractivity contribution is 0.0960. The highest BCUT2D eigenvalue weighted by Crippen LogP contribution is 2.36. The molecule has 6 aromatic rings. The van der Waals surface area contributed by atoms with Crippen LogP contribution in [-0.4, -0.2) is 88.3 Å². The first kappa shape index (κ1) is 45.1. The molecule has 0 fully saturated rings. The van der Waals surface area contributed by atoms with Gasteiger partial charge in [-0.05, 0) is 67.6 Å². The summed E-state index contributed by atoms with van der Waals surface area (Å²) >= 11 is 11.6. The Kier molecular flexibility index (Phi) is 14.0. The highest BCUT2D eigenvalue weighted by Gasteiger charge is 2.29. The molecule has 336 valence electrons. The van der Waals surface area contributed by atoms with Crippen molar-refractivity contribution in [2.45, 2.75) is 64.5 Å². The number of benzene rings is 2. The maximum atomic E-state index is 15.6. The molecule has 0 spiro atoms. The molecular formula is C46H45F3N10O4S2. The normalized spacial score (nSPS) is 16.0. The molecule has 0 aliphatic carbocycles. The summed E-state index contributed by atoms with van der Waals surface area (Å²) in [6.45, 7) is 0.640. The number of hydrogen-bond acceptors (Lipinski definition) is 12. The largest absolute Gasteiger partial charge is 0.489 e. The van der Waals surface area contributed by atoms with E-state index in [2.05, 4.69) is 30.1 Å². The molecule has 0 bridgehead atoms. The quantitative estimate of drug-likeness (QED) is 0.0491. The van der Waals surface area contributed by atoms with Crippen molar-refractivity contribution < 1.29 is 32.2 Å². The van der Waals surface area contributed by atoms with Gasteiger partial charge in [0.1, 0.15) is 30.1 Å². The van der Waals surface area contributed by atoms with Crippen molar-refractivity contribution in [1.82, 2.24) is 39.5 Å². The number of thiocarbonyl (C=S) groups is 2. The van der Waals surface area contributed by atoms with Gasteiger partial charge in [-0.1, -0.05) is 55.5 Å². The highest BCUT2D eigenvalue weighted by atomic mass is 32.1. The molecule has 2 atom stereocenters. The van der Waals surface area contributed by atoms with E-state index in [1.165, 1.54) is 34.2 Å². The minimum absolute atomic E-state index is 0.0102. The first-order valence-corrected chi connectivity index (χ1v) is 22.1. The Bertz CT molecular complexity index is 2730. The Morgan fingerprint density at radius 1 is 0.662 bits per heavy atom. The van der Waals surface area contributed by atoms with E-state index in [1.54, 1.807) is 24.5 Å². The van der Waals surface area contributed by atoms with E-state index in [4.69, 9.17) is 33.9 Å². The number of Topliss-reactive ketones (excluding diaryl/α,β-unsaturated/α-hetero) is 2. The second kappa shape index (κ2) is 20.1. The highest BCUT2D eigenvalue weighted by molar-refractivity contribution is 7.80. The van der Waals surface area contributed by atoms with Crippen molar-refractivity contribution in [3.63, 3.8) is 0 Å². The second-order valence-corrected chi connectivity index (χ2v) is 16.9. The van der Waals surface area contributed by atoms with Crippen LogP contribution in [0.3, 0.4) is 0 Å². The number of carbonyl (C=O) groups excluding carboxylic acids is 2. The molecule has 2 aliphatic heterocycles. The summed E-state index contributed by atoms with van der Waals surface area (Å²) in [6.07, 6.45) is 10.6. The molecule has 0 radical (unpaired) electrons. The maximum absolute atomic E-state index is 15.6. The lowest BCUT2D eigenvalue weighted by atomic mass is 10.0. The van der Waals surface area contributed by atoms with Gasteiger partial charge in [0.25, 0.3) is 0 Å². The minimum Gasteiger partial charge on any atom is -0.489 e. The summed E-state index contributed by atoms with van der Waals surface area (Å²) in [6, 6.07) is 14.0. The van der Waals surface area contributed by atoms with E-state index >= 15 is 4.39 Å². The summed E-state index contributed by atoms with van der Waals surface area (Å²) in [7, 11) is 3.72. The van der Waals surface area contributed by atoms with Crippen LogP contribution in [0.1, 0.15) is 83.7 Å². The van der Waals surface area contributed by atoms with Crippen molar-refractivity contribution in [2.24, 2.45) is 11.8 Å². The maximum Gasteiger partial charge on any atom is 0.217 e. The molecule has 0 unspecified atom stereocenters. The van der Waals surface area contributed by atoms with Crippen molar-refractivity contribution in [2.75, 3.05) is 37.1 Å². The zero-order chi connectivity index (χ0) is 45.6. The molecule has 14 nitrogen and oxygen atoms in total. The second-order valence-electron chi connectivity index (χ2n) is 16.1. The number of nitrogens with zero attached hydrogens (tertiary/aromatic N) is 10. The topological polar surface area (TPSA) is 146 Å². The third-order valence-corrected chi connectivity index (χ3v) is 12.8. The molecule has 2 aromatic carbocycles. The molecule has 0 N–H and O–H groups in total. The van der Waals surface area contributed by atoms with Crippen LogP contribution >= 0.6 is 24.4 Å². The monoisotopic (exact) mass is 922 g/mol. The fraction of sp³-hybridized carbons (Fsp3) is 0.348. The number of anilines is 2. The summed E-state index contributed by atoms with van der Waals surface area (Å²) < 4.78 is 58.6. The van der Waals surface area contributed by atoms with Gasteiger partial charge in [0.05, 0.1) is 36.3 Å². The molecule has 0 saturated heterocycles. The predicted octanol–water partition coefficient (Wildman–Crippen LogP) is 8.27. The van der Waals surface area contributed by atoms with Crippen LogP contribution in [-0.2, 0) is 13.1 Å². The van der Waals surface area contributed by atoms with Gasteiger partial charge in [0.15, 0.2) is 23.1 Å². The van der Waals surface area contributed by atoms with Gasteiger partial charge in [-0.15, -0.1) is 10.2 Å². The minimum atomic E-state index is -0.697. The summed E-state index contributed by atoms with van der Waals surface area (Å²) in [4.78, 5) is 48.2. The van der Waals surface area contributed by atoms with Gasteiger partial charge in [-0.2, -0.15) is 0 Å². The van der Waals surface area contributed by atoms with Crippen molar-refractivity contribution >= 4 is 57.6 Å². The number of hydrogen-bond donors (Lipinski definition) is 0. The van der Waals surface area contributed by atoms with E-state index in [0.717, 1.165) is 30.0 Å². The molecule has 0 saturated carbocycles. The third-order valence-electron chi connectivity index (χ3n) is 11.5. The van der Waals surface area contributed by atoms with Crippen LogP contribution < -0.4 is 19.3 Å². The van der Waals surface area contributed by atoms with Crippen LogP contribution in [0.5, 0.6) is 11.5 Å². The van der Waals surface area contributed by atoms with Crippen LogP contribution in [0.2, 0.25) is 0 Å². The standard InChI is InChI=1S/C46H45F3N10O4S2/c1-56-43-39(15-8-18-50-43)62-24-30(45(56)64)9-3-5-13-37(60)41-52-26-58(54-41)22-29-17-16-28(19-36(29)49)32-20-40-44(51-21-32)57(2)46(65)31(25-63-40)10-4-6-14-38(61)42-53-27-59(55-42)23-33-34(47)11-7-12-35(33)48/h7-8,11-12,15-21,26-27,30-31H,3-6,9-10,13-14,22-25H2,1-2H3/t30-,31-/m0/s1. The van der Waals surface area contributed by atoms with Crippen molar-refractivity contribution in [1.29, 1.82) is 0 Å². The Morgan fingerprint density at radius 3 is 1.86 bits per heavy atom. The number of unbranched alkanes of at least 4 members (excludes halogenated alkanes) is 2. The first-order chi connectivity index (χ1) is 31.4. The number of halogens is 3. The summed E-state index contributed by atoms with van der Waals surface area (Å²) in [5.74, 6) is 0.0983. The van der Waals surface area contributed by atoms with Gasteiger partial charge in [0.2, 0.25) is 23.2 Å². The summed E-state index contributed by atoms with van der Waals surface area (Å²) in [5.41, 5.74) is 1.46. The molecule has 4 aromatic heterocycles. The van der Waals surface area contributed by atoms with Gasteiger partial charge in [-0.25, -0.2) is 42.5 Å². The first-order valence-electron chi connectivity index (χ1n) is 21.3. The number of fused-ring (bicyclic) bond motifs is 2. The van der Waals surface area contributed by atoms with E-state index in [-0.39, 0.29) is 66.5 Å². The Balaban J connectivity index is 0.795. The predicted molar refractivity (Wildman–Crippen MR) is 244 cm³/mol. The molecule has 19 heteroatoms. The van der Waals surface area contributed by atoms with Gasteiger partial charge >= 0.3 is 0 Å². The number of rotatable bonds is 17. The van der Waals surface area contributed by atoms with Crippen molar-refractivity contribution in [3.8, 4) is 22.6 Å². The van der Waals surface area contributed by atoms with Gasteiger partial charge in [0, 0.05) is 67.9 Å². The van der Waals surface area contributed by atoms with E-state index < -0.39 is 17.5 Å². The van der Waals surface area contributed by atoms with Crippen molar-refractivity contribution in [3.05, 3.63) is 120 Å². The van der Waals surface area contributed by atoms with Gasteiger partial charge in [-0.3, -0.25) is 9.59 Å². The number of aromatic nitrogens is 8. The molecule has 6 heterocycles. The number of ketones is 2. The average molecular weight is 923 g/mol. The fourth-order valence-corrected chi connectivity index (χ4v) is 8.39. The average Bonchev–Trinajstić information content (AvgIpc) is 3.95.